The molecule has 1 aromatic rings. The van der Waals surface area contributed by atoms with E-state index in [9.17, 15) is 14.7 Å². The number of likely N-dealkylation sites (tertiary alicyclic amines) is 1. The second-order valence-electron chi connectivity index (χ2n) is 5.30. The Kier molecular flexibility index (Phi) is 3.34. The third kappa shape index (κ3) is 2.24. The minimum Gasteiger partial charge on any atom is -0.480 e. The molecule has 2 atom stereocenters. The first kappa shape index (κ1) is 13.0. The maximum Gasteiger partial charge on any atom is 0.326 e. The highest BCUT2D eigenvalue weighted by molar-refractivity contribution is 5.87. The quantitative estimate of drug-likeness (QED) is 0.887. The van der Waals surface area contributed by atoms with E-state index in [0.717, 1.165) is 24.2 Å². The summed E-state index contributed by atoms with van der Waals surface area (Å²) in [6.07, 6.45) is 2.19. The fourth-order valence-corrected chi connectivity index (χ4v) is 2.96. The Balaban J connectivity index is 1.75. The number of hydrogen-bond donors (Lipinski definition) is 1. The molecule has 1 amide bonds. The summed E-state index contributed by atoms with van der Waals surface area (Å²) in [5.74, 6) is -0.392. The first-order valence-corrected chi connectivity index (χ1v) is 6.94. The van der Waals surface area contributed by atoms with E-state index in [-0.39, 0.29) is 5.91 Å². The number of benzene rings is 1. The summed E-state index contributed by atoms with van der Waals surface area (Å²) in [4.78, 5) is 25.3. The number of rotatable bonds is 2. The van der Waals surface area contributed by atoms with Crippen molar-refractivity contribution in [3.8, 4) is 5.75 Å². The first-order chi connectivity index (χ1) is 9.66. The summed E-state index contributed by atoms with van der Waals surface area (Å²) in [6, 6.07) is 6.85. The molecular weight excluding hydrogens is 258 g/mol. The van der Waals surface area contributed by atoms with Crippen LogP contribution in [0.4, 0.5) is 0 Å². The molecule has 20 heavy (non-hydrogen) atoms. The van der Waals surface area contributed by atoms with E-state index >= 15 is 0 Å². The van der Waals surface area contributed by atoms with Crippen molar-refractivity contribution in [2.75, 3.05) is 6.54 Å². The Morgan fingerprint density at radius 1 is 1.25 bits per heavy atom. The number of amides is 1. The van der Waals surface area contributed by atoms with E-state index < -0.39 is 18.1 Å². The zero-order valence-corrected chi connectivity index (χ0v) is 11.1. The van der Waals surface area contributed by atoms with E-state index in [2.05, 4.69) is 0 Å². The molecule has 0 saturated carbocycles. The Morgan fingerprint density at radius 2 is 2.05 bits per heavy atom. The van der Waals surface area contributed by atoms with Gasteiger partial charge in [0.2, 0.25) is 0 Å². The molecule has 106 valence electrons. The topological polar surface area (TPSA) is 66.8 Å². The molecule has 0 spiro atoms. The molecule has 2 aliphatic heterocycles. The number of carboxylic acids is 1. The molecule has 1 fully saturated rings. The summed E-state index contributed by atoms with van der Waals surface area (Å²) in [6.45, 7) is 0.506. The van der Waals surface area contributed by atoms with Crippen molar-refractivity contribution < 1.29 is 19.4 Å². The van der Waals surface area contributed by atoms with Crippen LogP contribution in [0.1, 0.15) is 24.8 Å². The third-order valence-corrected chi connectivity index (χ3v) is 3.99. The SMILES string of the molecule is O=C(O)[C@H]1CCCCN1C(=O)C1Cc2ccccc2O1. The van der Waals surface area contributed by atoms with Crippen molar-refractivity contribution >= 4 is 11.9 Å². The number of para-hydroxylation sites is 1. The number of hydrogen-bond acceptors (Lipinski definition) is 3. The smallest absolute Gasteiger partial charge is 0.326 e. The highest BCUT2D eigenvalue weighted by atomic mass is 16.5. The van der Waals surface area contributed by atoms with Gasteiger partial charge in [-0.1, -0.05) is 18.2 Å². The number of nitrogens with zero attached hydrogens (tertiary/aromatic N) is 1. The summed E-state index contributed by atoms with van der Waals surface area (Å²) >= 11 is 0. The van der Waals surface area contributed by atoms with Gasteiger partial charge in [0.15, 0.2) is 6.10 Å². The maximum atomic E-state index is 12.5. The van der Waals surface area contributed by atoms with E-state index in [1.165, 1.54) is 4.90 Å². The predicted octanol–water partition coefficient (Wildman–Crippen LogP) is 1.46. The van der Waals surface area contributed by atoms with Crippen LogP contribution in [0, 0.1) is 0 Å². The van der Waals surface area contributed by atoms with Crippen molar-refractivity contribution in [3.05, 3.63) is 29.8 Å². The number of carboxylic acid groups (broad SMARTS) is 1. The Labute approximate surface area is 117 Å². The maximum absolute atomic E-state index is 12.5. The lowest BCUT2D eigenvalue weighted by Gasteiger charge is -2.34. The van der Waals surface area contributed by atoms with Crippen LogP contribution in [0.5, 0.6) is 5.75 Å². The van der Waals surface area contributed by atoms with Gasteiger partial charge in [-0.15, -0.1) is 0 Å². The zero-order chi connectivity index (χ0) is 14.1. The van der Waals surface area contributed by atoms with Crippen molar-refractivity contribution in [2.24, 2.45) is 0 Å². The van der Waals surface area contributed by atoms with E-state index in [4.69, 9.17) is 4.74 Å². The molecule has 2 heterocycles. The van der Waals surface area contributed by atoms with Gasteiger partial charge in [0, 0.05) is 13.0 Å². The Bertz CT molecular complexity index is 517. The van der Waals surface area contributed by atoms with Crippen LogP contribution in [0.2, 0.25) is 0 Å². The fourth-order valence-electron chi connectivity index (χ4n) is 2.96. The number of ether oxygens (including phenoxy) is 1. The number of aliphatic carboxylic acids is 1. The van der Waals surface area contributed by atoms with Gasteiger partial charge in [-0.2, -0.15) is 0 Å². The third-order valence-electron chi connectivity index (χ3n) is 3.99. The van der Waals surface area contributed by atoms with E-state index in [1.807, 2.05) is 24.3 Å². The van der Waals surface area contributed by atoms with Gasteiger partial charge in [0.25, 0.3) is 5.91 Å². The molecule has 1 saturated heterocycles. The van der Waals surface area contributed by atoms with E-state index in [0.29, 0.717) is 19.4 Å². The number of piperidine rings is 1. The average molecular weight is 275 g/mol. The van der Waals surface area contributed by atoms with Crippen LogP contribution in [0.25, 0.3) is 0 Å². The lowest BCUT2D eigenvalue weighted by molar-refractivity contribution is -0.155. The molecule has 5 heteroatoms. The van der Waals surface area contributed by atoms with Gasteiger partial charge in [-0.25, -0.2) is 4.79 Å². The molecule has 0 aliphatic carbocycles. The van der Waals surface area contributed by atoms with Gasteiger partial charge < -0.3 is 14.7 Å². The predicted molar refractivity (Wildman–Crippen MR) is 71.5 cm³/mol. The zero-order valence-electron chi connectivity index (χ0n) is 11.1. The summed E-state index contributed by atoms with van der Waals surface area (Å²) in [5, 5.41) is 9.24. The normalized spacial score (nSPS) is 24.9. The monoisotopic (exact) mass is 275 g/mol. The second kappa shape index (κ2) is 5.15. The Hall–Kier alpha value is -2.04. The molecule has 0 bridgehead atoms. The molecule has 0 aromatic heterocycles. The lowest BCUT2D eigenvalue weighted by Crippen LogP contribution is -2.52. The van der Waals surface area contributed by atoms with Crippen LogP contribution in [-0.2, 0) is 16.0 Å². The number of fused-ring (bicyclic) bond motifs is 1. The van der Waals surface area contributed by atoms with Gasteiger partial charge in [0.05, 0.1) is 0 Å². The van der Waals surface area contributed by atoms with Crippen LogP contribution < -0.4 is 4.74 Å². The Morgan fingerprint density at radius 3 is 2.80 bits per heavy atom. The molecule has 0 radical (unpaired) electrons. The number of carbonyl (C=O) groups excluding carboxylic acids is 1. The van der Waals surface area contributed by atoms with Crippen molar-refractivity contribution in [1.82, 2.24) is 4.90 Å². The summed E-state index contributed by atoms with van der Waals surface area (Å²) in [5.41, 5.74) is 1.01. The molecule has 1 unspecified atom stereocenters. The van der Waals surface area contributed by atoms with Gasteiger partial charge in [0.1, 0.15) is 11.8 Å². The van der Waals surface area contributed by atoms with Crippen LogP contribution >= 0.6 is 0 Å². The van der Waals surface area contributed by atoms with Crippen LogP contribution in [0.3, 0.4) is 0 Å². The molecule has 3 rings (SSSR count). The fraction of sp³-hybridized carbons (Fsp3) is 0.467. The molecule has 5 nitrogen and oxygen atoms in total. The van der Waals surface area contributed by atoms with Crippen LogP contribution in [0.15, 0.2) is 24.3 Å². The highest BCUT2D eigenvalue weighted by Gasteiger charge is 2.38. The first-order valence-electron chi connectivity index (χ1n) is 6.94. The molecular formula is C15H17NO4. The standard InChI is InChI=1S/C15H17NO4/c17-14(16-8-4-3-6-11(16)15(18)19)13-9-10-5-1-2-7-12(10)20-13/h1-2,5,7,11,13H,3-4,6,8-9H2,(H,18,19)/t11-,13?/m1/s1. The molecule has 2 aliphatic rings. The summed E-state index contributed by atoms with van der Waals surface area (Å²) < 4.78 is 5.67. The van der Waals surface area contributed by atoms with Crippen LogP contribution in [-0.4, -0.2) is 40.6 Å². The van der Waals surface area contributed by atoms with E-state index in [1.54, 1.807) is 0 Å². The molecule has 1 aromatic carbocycles. The second-order valence-corrected chi connectivity index (χ2v) is 5.30. The van der Waals surface area contributed by atoms with Crippen molar-refractivity contribution in [1.29, 1.82) is 0 Å². The number of carbonyl (C=O) groups is 2. The molecule has 1 N–H and O–H groups in total. The summed E-state index contributed by atoms with van der Waals surface area (Å²) in [7, 11) is 0. The van der Waals surface area contributed by atoms with Crippen molar-refractivity contribution in [2.45, 2.75) is 37.8 Å². The van der Waals surface area contributed by atoms with Gasteiger partial charge >= 0.3 is 5.97 Å². The largest absolute Gasteiger partial charge is 0.480 e. The minimum absolute atomic E-state index is 0.201. The van der Waals surface area contributed by atoms with Crippen molar-refractivity contribution in [3.63, 3.8) is 0 Å². The van der Waals surface area contributed by atoms with Gasteiger partial charge in [-0.05, 0) is 30.9 Å². The minimum atomic E-state index is -0.923. The average Bonchev–Trinajstić information content (AvgIpc) is 2.90. The lowest BCUT2D eigenvalue weighted by atomic mass is 10.0. The van der Waals surface area contributed by atoms with Gasteiger partial charge in [-0.3, -0.25) is 4.79 Å². The highest BCUT2D eigenvalue weighted by Crippen LogP contribution is 2.30.